The summed E-state index contributed by atoms with van der Waals surface area (Å²) in [6.45, 7) is 4.09. The van der Waals surface area contributed by atoms with Crippen LogP contribution in [0.1, 0.15) is 22.8 Å². The number of anilines is 1. The van der Waals surface area contributed by atoms with Crippen LogP contribution < -0.4 is 14.4 Å². The van der Waals surface area contributed by atoms with Crippen LogP contribution in [0.25, 0.3) is 10.8 Å². The first-order chi connectivity index (χ1) is 14.1. The number of hydrogen-bond donors (Lipinski definition) is 0. The van der Waals surface area contributed by atoms with Gasteiger partial charge in [0.25, 0.3) is 0 Å². The first-order valence-corrected chi connectivity index (χ1v) is 9.52. The molecule has 0 aliphatic carbocycles. The predicted molar refractivity (Wildman–Crippen MR) is 112 cm³/mol. The summed E-state index contributed by atoms with van der Waals surface area (Å²) in [4.78, 5) is 6.84. The first kappa shape index (κ1) is 19.0. The smallest absolute Gasteiger partial charge is 0.161 e. The van der Waals surface area contributed by atoms with E-state index >= 15 is 0 Å². The van der Waals surface area contributed by atoms with Gasteiger partial charge < -0.3 is 19.1 Å². The molecule has 6 heteroatoms. The lowest BCUT2D eigenvalue weighted by Gasteiger charge is -2.34. The van der Waals surface area contributed by atoms with Crippen LogP contribution in [0.4, 0.5) is 5.82 Å². The van der Waals surface area contributed by atoms with E-state index in [2.05, 4.69) is 47.1 Å². The van der Waals surface area contributed by atoms with Crippen molar-refractivity contribution in [2.75, 3.05) is 38.8 Å². The third-order valence-corrected chi connectivity index (χ3v) is 5.31. The molecular weight excluding hydrogens is 366 g/mol. The number of aryl methyl sites for hydroxylation is 1. The molecule has 0 N–H and O–H groups in total. The maximum absolute atomic E-state index is 9.54. The molecule has 1 aliphatic heterocycles. The van der Waals surface area contributed by atoms with Gasteiger partial charge in [-0.25, -0.2) is 4.98 Å². The van der Waals surface area contributed by atoms with E-state index in [4.69, 9.17) is 14.2 Å². The van der Waals surface area contributed by atoms with E-state index < -0.39 is 0 Å². The molecule has 0 spiro atoms. The van der Waals surface area contributed by atoms with E-state index in [0.717, 1.165) is 28.7 Å². The van der Waals surface area contributed by atoms with E-state index in [1.54, 1.807) is 20.4 Å². The van der Waals surface area contributed by atoms with E-state index in [1.807, 2.05) is 12.1 Å². The van der Waals surface area contributed by atoms with Gasteiger partial charge in [0.2, 0.25) is 0 Å². The fourth-order valence-electron chi connectivity index (χ4n) is 3.72. The van der Waals surface area contributed by atoms with Crippen molar-refractivity contribution in [1.29, 1.82) is 5.26 Å². The minimum Gasteiger partial charge on any atom is -0.493 e. The zero-order chi connectivity index (χ0) is 20.4. The van der Waals surface area contributed by atoms with Crippen LogP contribution >= 0.6 is 0 Å². The highest BCUT2D eigenvalue weighted by molar-refractivity contribution is 5.98. The molecule has 1 aliphatic rings. The van der Waals surface area contributed by atoms with Crippen LogP contribution in [0.2, 0.25) is 0 Å². The van der Waals surface area contributed by atoms with Gasteiger partial charge in [0.1, 0.15) is 18.0 Å². The van der Waals surface area contributed by atoms with E-state index in [0.29, 0.717) is 30.2 Å². The number of aromatic nitrogens is 1. The largest absolute Gasteiger partial charge is 0.493 e. The topological polar surface area (TPSA) is 67.6 Å². The Hall–Kier alpha value is -3.30. The van der Waals surface area contributed by atoms with Gasteiger partial charge in [-0.3, -0.25) is 0 Å². The van der Waals surface area contributed by atoms with Gasteiger partial charge in [0.15, 0.2) is 11.5 Å². The summed E-state index contributed by atoms with van der Waals surface area (Å²) in [5.41, 5.74) is 2.88. The summed E-state index contributed by atoms with van der Waals surface area (Å²) in [6, 6.07) is 14.4. The maximum atomic E-state index is 9.54. The fraction of sp³-hybridized carbons (Fsp3) is 0.304. The summed E-state index contributed by atoms with van der Waals surface area (Å²) in [5.74, 6) is 2.02. The Morgan fingerprint density at radius 3 is 2.45 bits per heavy atom. The second-order valence-corrected chi connectivity index (χ2v) is 7.08. The van der Waals surface area contributed by atoms with Gasteiger partial charge >= 0.3 is 0 Å². The standard InChI is InChI=1S/C23H23N3O3/c1-15-4-6-16(7-5-15)22-14-26(8-9-29-22)23-19-11-21(28-3)20(27-2)10-18(19)17(12-24)13-25-23/h4-7,10-11,13,22H,8-9,14H2,1-3H3/t22-/m1/s1. The molecule has 0 saturated carbocycles. The quantitative estimate of drug-likeness (QED) is 0.672. The van der Waals surface area contributed by atoms with Crippen molar-refractivity contribution >= 4 is 16.6 Å². The molecule has 0 radical (unpaired) electrons. The monoisotopic (exact) mass is 389 g/mol. The van der Waals surface area contributed by atoms with Crippen molar-refractivity contribution in [3.05, 3.63) is 59.3 Å². The molecule has 1 atom stereocenters. The zero-order valence-electron chi connectivity index (χ0n) is 16.8. The van der Waals surface area contributed by atoms with E-state index in [1.165, 1.54) is 5.56 Å². The average molecular weight is 389 g/mol. The van der Waals surface area contributed by atoms with Crippen LogP contribution in [0.15, 0.2) is 42.6 Å². The number of hydrogen-bond acceptors (Lipinski definition) is 6. The molecule has 1 saturated heterocycles. The summed E-state index contributed by atoms with van der Waals surface area (Å²) in [7, 11) is 3.19. The molecular formula is C23H23N3O3. The van der Waals surface area contributed by atoms with Crippen LogP contribution in [-0.2, 0) is 4.74 Å². The van der Waals surface area contributed by atoms with Crippen molar-refractivity contribution in [3.63, 3.8) is 0 Å². The Morgan fingerprint density at radius 1 is 1.10 bits per heavy atom. The van der Waals surface area contributed by atoms with Gasteiger partial charge in [-0.2, -0.15) is 5.26 Å². The Kier molecular flexibility index (Phi) is 5.24. The number of nitriles is 1. The predicted octanol–water partition coefficient (Wildman–Crippen LogP) is 4.01. The summed E-state index contributed by atoms with van der Waals surface area (Å²) in [5, 5.41) is 11.2. The minimum absolute atomic E-state index is 0.0306. The SMILES string of the molecule is COc1cc2c(C#N)cnc(N3CCO[C@@H](c4ccc(C)cc4)C3)c2cc1OC. The Balaban J connectivity index is 1.76. The lowest BCUT2D eigenvalue weighted by molar-refractivity contribution is 0.0396. The van der Waals surface area contributed by atoms with Crippen molar-refractivity contribution in [3.8, 4) is 17.6 Å². The molecule has 29 heavy (non-hydrogen) atoms. The van der Waals surface area contributed by atoms with Gasteiger partial charge in [-0.05, 0) is 24.6 Å². The Bertz CT molecular complexity index is 1070. The molecule has 4 rings (SSSR count). The van der Waals surface area contributed by atoms with Crippen LogP contribution in [-0.4, -0.2) is 38.9 Å². The summed E-state index contributed by atoms with van der Waals surface area (Å²) in [6.07, 6.45) is 1.59. The molecule has 6 nitrogen and oxygen atoms in total. The molecule has 3 aromatic rings. The molecule has 1 fully saturated rings. The molecule has 148 valence electrons. The number of benzene rings is 2. The number of morpholine rings is 1. The van der Waals surface area contributed by atoms with Gasteiger partial charge in [-0.15, -0.1) is 0 Å². The highest BCUT2D eigenvalue weighted by atomic mass is 16.5. The molecule has 0 amide bonds. The van der Waals surface area contributed by atoms with Crippen molar-refractivity contribution in [2.24, 2.45) is 0 Å². The van der Waals surface area contributed by atoms with Crippen molar-refractivity contribution < 1.29 is 14.2 Å². The van der Waals surface area contributed by atoms with Crippen molar-refractivity contribution in [2.45, 2.75) is 13.0 Å². The van der Waals surface area contributed by atoms with Gasteiger partial charge in [0, 0.05) is 30.1 Å². The highest BCUT2D eigenvalue weighted by Gasteiger charge is 2.25. The summed E-state index contributed by atoms with van der Waals surface area (Å²) < 4.78 is 16.9. The van der Waals surface area contributed by atoms with Gasteiger partial charge in [-0.1, -0.05) is 29.8 Å². The maximum Gasteiger partial charge on any atom is 0.161 e. The fourth-order valence-corrected chi connectivity index (χ4v) is 3.72. The van der Waals surface area contributed by atoms with Crippen molar-refractivity contribution in [1.82, 2.24) is 4.98 Å². The number of nitrogens with zero attached hydrogens (tertiary/aromatic N) is 3. The minimum atomic E-state index is -0.0306. The number of methoxy groups -OCH3 is 2. The third-order valence-electron chi connectivity index (χ3n) is 5.31. The van der Waals surface area contributed by atoms with E-state index in [-0.39, 0.29) is 6.10 Å². The molecule has 0 unspecified atom stereocenters. The number of fused-ring (bicyclic) bond motifs is 1. The van der Waals surface area contributed by atoms with Crippen LogP contribution in [0.5, 0.6) is 11.5 Å². The van der Waals surface area contributed by atoms with E-state index in [9.17, 15) is 5.26 Å². The normalized spacial score (nSPS) is 16.5. The number of rotatable bonds is 4. The molecule has 2 heterocycles. The van der Waals surface area contributed by atoms with Crippen LogP contribution in [0, 0.1) is 18.3 Å². The van der Waals surface area contributed by atoms with Crippen LogP contribution in [0.3, 0.4) is 0 Å². The summed E-state index contributed by atoms with van der Waals surface area (Å²) >= 11 is 0. The second kappa shape index (κ2) is 7.98. The highest BCUT2D eigenvalue weighted by Crippen LogP contribution is 2.38. The molecule has 0 bridgehead atoms. The lowest BCUT2D eigenvalue weighted by atomic mass is 10.0. The molecule has 2 aromatic carbocycles. The first-order valence-electron chi connectivity index (χ1n) is 9.52. The average Bonchev–Trinajstić information content (AvgIpc) is 2.77. The van der Waals surface area contributed by atoms with Gasteiger partial charge in [0.05, 0.1) is 26.4 Å². The number of pyridine rings is 1. The number of ether oxygens (including phenoxy) is 3. The second-order valence-electron chi connectivity index (χ2n) is 7.08. The lowest BCUT2D eigenvalue weighted by Crippen LogP contribution is -2.39. The third kappa shape index (κ3) is 3.57. The Labute approximate surface area is 170 Å². The molecule has 1 aromatic heterocycles. The Morgan fingerprint density at radius 2 is 1.79 bits per heavy atom. The zero-order valence-corrected chi connectivity index (χ0v) is 16.8.